The molecule has 0 radical (unpaired) electrons. The van der Waals surface area contributed by atoms with E-state index in [1.807, 2.05) is 21.6 Å². The van der Waals surface area contributed by atoms with Gasteiger partial charge < -0.3 is 10.6 Å². The summed E-state index contributed by atoms with van der Waals surface area (Å²) < 4.78 is 5.58. The van der Waals surface area contributed by atoms with Gasteiger partial charge in [0.25, 0.3) is 5.56 Å². The third-order valence-electron chi connectivity index (χ3n) is 6.97. The Bertz CT molecular complexity index is 1500. The van der Waals surface area contributed by atoms with Gasteiger partial charge in [0, 0.05) is 42.7 Å². The first-order valence-electron chi connectivity index (χ1n) is 12.3. The quantitative estimate of drug-likeness (QED) is 0.466. The average molecular weight is 473 g/mol. The van der Waals surface area contributed by atoms with Gasteiger partial charge in [-0.2, -0.15) is 10.1 Å². The lowest BCUT2D eigenvalue weighted by Gasteiger charge is -2.33. The highest BCUT2D eigenvalue weighted by atomic mass is 16.1. The van der Waals surface area contributed by atoms with E-state index < -0.39 is 0 Å². The fourth-order valence-corrected chi connectivity index (χ4v) is 4.94. The van der Waals surface area contributed by atoms with Crippen molar-refractivity contribution >= 4 is 22.7 Å². The lowest BCUT2D eigenvalue weighted by molar-refractivity contribution is 0.353. The van der Waals surface area contributed by atoms with E-state index in [2.05, 4.69) is 68.4 Å². The molecule has 4 heterocycles. The number of aromatic nitrogens is 6. The minimum absolute atomic E-state index is 0.0681. The summed E-state index contributed by atoms with van der Waals surface area (Å²) in [7, 11) is 0. The van der Waals surface area contributed by atoms with Gasteiger partial charge in [-0.05, 0) is 56.9 Å². The van der Waals surface area contributed by atoms with Crippen LogP contribution in [0.3, 0.4) is 0 Å². The molecule has 0 atom stereocenters. The van der Waals surface area contributed by atoms with Gasteiger partial charge in [0.05, 0.1) is 11.6 Å². The molecule has 2 aliphatic rings. The Hall–Kier alpha value is -3.46. The topological polar surface area (TPSA) is 94.6 Å². The molecule has 9 nitrogen and oxygen atoms in total. The molecule has 2 N–H and O–H groups in total. The number of nitrogens with zero attached hydrogens (tertiary/aromatic N) is 6. The average Bonchev–Trinajstić information content (AvgIpc) is 3.42. The Labute approximate surface area is 204 Å². The van der Waals surface area contributed by atoms with Gasteiger partial charge >= 0.3 is 0 Å². The number of nitrogens with one attached hydrogen (secondary N) is 2. The highest BCUT2D eigenvalue weighted by Gasteiger charge is 2.32. The number of benzene rings is 1. The predicted molar refractivity (Wildman–Crippen MR) is 137 cm³/mol. The van der Waals surface area contributed by atoms with Crippen LogP contribution < -0.4 is 16.2 Å². The molecule has 0 spiro atoms. The first kappa shape index (κ1) is 22.0. The van der Waals surface area contributed by atoms with Crippen molar-refractivity contribution in [1.29, 1.82) is 0 Å². The lowest BCUT2D eigenvalue weighted by Crippen LogP contribution is -2.38. The first-order chi connectivity index (χ1) is 16.6. The number of hydrogen-bond acceptors (Lipinski definition) is 6. The third-order valence-corrected chi connectivity index (χ3v) is 6.97. The predicted octanol–water partition coefficient (Wildman–Crippen LogP) is 3.99. The van der Waals surface area contributed by atoms with Crippen molar-refractivity contribution in [2.24, 2.45) is 0 Å². The van der Waals surface area contributed by atoms with E-state index in [1.165, 1.54) is 11.1 Å². The van der Waals surface area contributed by atoms with Gasteiger partial charge in [0.1, 0.15) is 5.39 Å². The van der Waals surface area contributed by atoms with Crippen molar-refractivity contribution in [3.05, 3.63) is 58.1 Å². The lowest BCUT2D eigenvalue weighted by atomic mass is 9.79. The molecule has 1 aliphatic carbocycles. The number of anilines is 2. The maximum atomic E-state index is 13.3. The molecular formula is C26H32N8O. The van der Waals surface area contributed by atoms with E-state index in [0.717, 1.165) is 31.6 Å². The smallest absolute Gasteiger partial charge is 0.278 e. The van der Waals surface area contributed by atoms with Crippen LogP contribution in [0.5, 0.6) is 0 Å². The zero-order valence-corrected chi connectivity index (χ0v) is 21.0. The van der Waals surface area contributed by atoms with E-state index in [0.29, 0.717) is 22.8 Å². The van der Waals surface area contributed by atoms with Crippen molar-refractivity contribution in [3.63, 3.8) is 0 Å². The van der Waals surface area contributed by atoms with Crippen LogP contribution in [0.15, 0.2) is 41.5 Å². The number of fused-ring (bicyclic) bond motifs is 2. The molecule has 0 amide bonds. The highest BCUT2D eigenvalue weighted by Crippen LogP contribution is 2.36. The maximum absolute atomic E-state index is 13.3. The minimum Gasteiger partial charge on any atom is -0.324 e. The molecular weight excluding hydrogens is 440 g/mol. The van der Waals surface area contributed by atoms with Gasteiger partial charge in [0.2, 0.25) is 5.95 Å². The Morgan fingerprint density at radius 1 is 1.17 bits per heavy atom. The standard InChI is InChI=1S/C26H32N8O/c1-25(2,3)32-11-10-21(31-32)34-22-19(23(35)33(34)18-7-8-18)14-28-24(30-22)29-17-6-9-20-16(12-17)13-27-15-26(20,4)5/h6,9-12,14,18,27H,7-8,13,15H2,1-5H3,(H,28,29,30). The van der Waals surface area contributed by atoms with Crippen molar-refractivity contribution in [3.8, 4) is 5.82 Å². The molecule has 1 aromatic carbocycles. The molecule has 6 rings (SSSR count). The monoisotopic (exact) mass is 472 g/mol. The van der Waals surface area contributed by atoms with E-state index in [1.54, 1.807) is 10.9 Å². The van der Waals surface area contributed by atoms with Crippen molar-refractivity contribution in [1.82, 2.24) is 34.4 Å². The van der Waals surface area contributed by atoms with Crippen LogP contribution in [0.1, 0.15) is 64.6 Å². The second kappa shape index (κ2) is 7.52. The summed E-state index contributed by atoms with van der Waals surface area (Å²) in [6.07, 6.45) is 5.54. The Kier molecular flexibility index (Phi) is 4.73. The van der Waals surface area contributed by atoms with Crippen LogP contribution in [0.4, 0.5) is 11.6 Å². The molecule has 9 heteroatoms. The van der Waals surface area contributed by atoms with E-state index in [-0.39, 0.29) is 22.6 Å². The summed E-state index contributed by atoms with van der Waals surface area (Å²) in [4.78, 5) is 22.6. The molecule has 4 aromatic rings. The Morgan fingerprint density at radius 2 is 1.97 bits per heavy atom. The summed E-state index contributed by atoms with van der Waals surface area (Å²) in [5.41, 5.74) is 4.00. The molecule has 1 saturated carbocycles. The van der Waals surface area contributed by atoms with Crippen molar-refractivity contribution in [2.75, 3.05) is 11.9 Å². The molecule has 0 bridgehead atoms. The molecule has 3 aromatic heterocycles. The van der Waals surface area contributed by atoms with Crippen LogP contribution in [0.2, 0.25) is 0 Å². The maximum Gasteiger partial charge on any atom is 0.278 e. The number of rotatable bonds is 4. The summed E-state index contributed by atoms with van der Waals surface area (Å²) >= 11 is 0. The van der Waals surface area contributed by atoms with Gasteiger partial charge in [-0.1, -0.05) is 19.9 Å². The van der Waals surface area contributed by atoms with E-state index in [4.69, 9.17) is 10.1 Å². The molecule has 182 valence electrons. The fourth-order valence-electron chi connectivity index (χ4n) is 4.94. The van der Waals surface area contributed by atoms with Crippen LogP contribution in [0.25, 0.3) is 16.9 Å². The summed E-state index contributed by atoms with van der Waals surface area (Å²) in [5, 5.41) is 12.2. The van der Waals surface area contributed by atoms with Crippen molar-refractivity contribution < 1.29 is 0 Å². The minimum atomic E-state index is -0.163. The van der Waals surface area contributed by atoms with Gasteiger partial charge in [-0.3, -0.25) is 9.48 Å². The third kappa shape index (κ3) is 3.74. The molecule has 0 saturated heterocycles. The fraction of sp³-hybridized carbons (Fsp3) is 0.462. The van der Waals surface area contributed by atoms with E-state index >= 15 is 0 Å². The first-order valence-corrected chi connectivity index (χ1v) is 12.3. The number of hydrogen-bond donors (Lipinski definition) is 2. The molecule has 35 heavy (non-hydrogen) atoms. The van der Waals surface area contributed by atoms with Crippen LogP contribution in [-0.2, 0) is 17.5 Å². The second-order valence-corrected chi connectivity index (χ2v) is 11.4. The van der Waals surface area contributed by atoms with E-state index in [9.17, 15) is 4.79 Å². The van der Waals surface area contributed by atoms with Gasteiger partial charge in [-0.15, -0.1) is 0 Å². The zero-order valence-electron chi connectivity index (χ0n) is 21.0. The van der Waals surface area contributed by atoms with Crippen LogP contribution >= 0.6 is 0 Å². The second-order valence-electron chi connectivity index (χ2n) is 11.4. The zero-order chi connectivity index (χ0) is 24.5. The highest BCUT2D eigenvalue weighted by molar-refractivity contribution is 5.77. The Morgan fingerprint density at radius 3 is 2.69 bits per heavy atom. The summed E-state index contributed by atoms with van der Waals surface area (Å²) in [6.45, 7) is 12.6. The molecule has 0 unspecified atom stereocenters. The van der Waals surface area contributed by atoms with Crippen molar-refractivity contribution in [2.45, 2.75) is 71.0 Å². The summed E-state index contributed by atoms with van der Waals surface area (Å²) in [5.74, 6) is 1.14. The largest absolute Gasteiger partial charge is 0.324 e. The Balaban J connectivity index is 1.43. The summed E-state index contributed by atoms with van der Waals surface area (Å²) in [6, 6.07) is 8.54. The van der Waals surface area contributed by atoms with Gasteiger partial charge in [0.15, 0.2) is 11.5 Å². The van der Waals surface area contributed by atoms with Crippen LogP contribution in [0, 0.1) is 0 Å². The SMILES string of the molecule is CC1(C)CNCc2cc(Nc3ncc4c(=O)n(C5CC5)n(-c5ccn(C(C)(C)C)n5)c4n3)ccc21. The van der Waals surface area contributed by atoms with Gasteiger partial charge in [-0.25, -0.2) is 14.3 Å². The molecule has 1 aliphatic heterocycles. The normalized spacial score (nSPS) is 17.5. The molecule has 1 fully saturated rings. The van der Waals surface area contributed by atoms with Crippen LogP contribution in [-0.4, -0.2) is 35.7 Å².